The van der Waals surface area contributed by atoms with Gasteiger partial charge in [-0.05, 0) is 58.2 Å². The van der Waals surface area contributed by atoms with Crippen LogP contribution in [-0.2, 0) is 12.8 Å². The van der Waals surface area contributed by atoms with Gasteiger partial charge >= 0.3 is 6.09 Å². The molecule has 0 aromatic heterocycles. The fourth-order valence-electron chi connectivity index (χ4n) is 3.55. The third-order valence-corrected chi connectivity index (χ3v) is 5.06. The summed E-state index contributed by atoms with van der Waals surface area (Å²) in [6.45, 7) is 8.70. The smallest absolute Gasteiger partial charge is 0.408 e. The largest absolute Gasteiger partial charge is 0.465 e. The highest BCUT2D eigenvalue weighted by atomic mass is 16.4. The van der Waals surface area contributed by atoms with Crippen molar-refractivity contribution >= 4 is 6.09 Å². The van der Waals surface area contributed by atoms with Gasteiger partial charge in [-0.1, -0.05) is 60.2 Å². The van der Waals surface area contributed by atoms with Crippen LogP contribution in [0.4, 0.5) is 4.79 Å². The van der Waals surface area contributed by atoms with E-state index < -0.39 is 23.8 Å². The summed E-state index contributed by atoms with van der Waals surface area (Å²) in [6, 6.07) is 17.6. The fraction of sp³-hybridized carbons (Fsp3) is 0.458. The molecule has 0 aliphatic heterocycles. The third-order valence-electron chi connectivity index (χ3n) is 5.06. The Labute approximate surface area is 174 Å². The lowest BCUT2D eigenvalue weighted by molar-refractivity contribution is 0.00792. The van der Waals surface area contributed by atoms with Gasteiger partial charge in [-0.2, -0.15) is 0 Å². The van der Waals surface area contributed by atoms with Gasteiger partial charge in [-0.3, -0.25) is 4.90 Å². The minimum Gasteiger partial charge on any atom is -0.465 e. The molecule has 2 aromatic rings. The van der Waals surface area contributed by atoms with Crippen molar-refractivity contribution in [3.05, 3.63) is 71.3 Å². The van der Waals surface area contributed by atoms with E-state index in [1.165, 1.54) is 16.0 Å². The molecule has 5 heteroatoms. The lowest BCUT2D eigenvalue weighted by Gasteiger charge is -2.42. The van der Waals surface area contributed by atoms with Crippen LogP contribution < -0.4 is 5.32 Å². The van der Waals surface area contributed by atoms with Crippen molar-refractivity contribution in [1.82, 2.24) is 10.2 Å². The van der Waals surface area contributed by atoms with E-state index in [4.69, 9.17) is 0 Å². The molecule has 0 unspecified atom stereocenters. The van der Waals surface area contributed by atoms with Crippen molar-refractivity contribution in [1.29, 1.82) is 0 Å². The van der Waals surface area contributed by atoms with Crippen molar-refractivity contribution in [2.24, 2.45) is 0 Å². The van der Waals surface area contributed by atoms with Crippen molar-refractivity contribution in [3.8, 4) is 0 Å². The van der Waals surface area contributed by atoms with E-state index in [1.54, 1.807) is 0 Å². The normalized spacial score (nSPS) is 13.7. The summed E-state index contributed by atoms with van der Waals surface area (Å²) in [5.41, 5.74) is 2.86. The molecule has 0 radical (unpaired) electrons. The average molecular weight is 399 g/mol. The number of nitrogens with zero attached hydrogens (tertiary/aromatic N) is 1. The van der Waals surface area contributed by atoms with Crippen molar-refractivity contribution < 1.29 is 15.0 Å². The van der Waals surface area contributed by atoms with Gasteiger partial charge in [0, 0.05) is 12.1 Å². The minimum absolute atomic E-state index is 0.337. The fourth-order valence-corrected chi connectivity index (χ4v) is 3.55. The topological polar surface area (TPSA) is 72.8 Å². The lowest BCUT2D eigenvalue weighted by atomic mass is 9.94. The monoisotopic (exact) mass is 398 g/mol. The molecule has 158 valence electrons. The first kappa shape index (κ1) is 22.9. The molecule has 5 nitrogen and oxygen atoms in total. The zero-order valence-electron chi connectivity index (χ0n) is 17.9. The number of aliphatic hydroxyl groups is 1. The Morgan fingerprint density at radius 3 is 2.21 bits per heavy atom. The second-order valence-corrected chi connectivity index (χ2v) is 8.59. The molecule has 0 bridgehead atoms. The number of rotatable bonds is 9. The zero-order chi connectivity index (χ0) is 21.4. The Kier molecular flexibility index (Phi) is 8.23. The number of aryl methyl sites for hydroxylation is 1. The molecule has 3 N–H and O–H groups in total. The van der Waals surface area contributed by atoms with E-state index in [-0.39, 0.29) is 0 Å². The van der Waals surface area contributed by atoms with Crippen LogP contribution in [0.1, 0.15) is 37.5 Å². The summed E-state index contributed by atoms with van der Waals surface area (Å²) in [6.07, 6.45) is -0.510. The molecule has 2 aromatic carbocycles. The van der Waals surface area contributed by atoms with Gasteiger partial charge in [0.25, 0.3) is 0 Å². The molecule has 29 heavy (non-hydrogen) atoms. The van der Waals surface area contributed by atoms with Crippen LogP contribution in [0.15, 0.2) is 54.6 Å². The van der Waals surface area contributed by atoms with Crippen molar-refractivity contribution in [3.63, 3.8) is 0 Å². The maximum absolute atomic E-state index is 12.0. The summed E-state index contributed by atoms with van der Waals surface area (Å²) >= 11 is 0. The number of carbonyl (C=O) groups is 1. The van der Waals surface area contributed by atoms with E-state index >= 15 is 0 Å². The van der Waals surface area contributed by atoms with Gasteiger partial charge in [0.2, 0.25) is 0 Å². The SMILES string of the molecule is Cc1ccc(CCNC[C@H](O)[C@H](Cc2ccccc2)N(C(=O)O)C(C)(C)C)cc1. The van der Waals surface area contributed by atoms with Gasteiger partial charge in [0.1, 0.15) is 0 Å². The summed E-state index contributed by atoms with van der Waals surface area (Å²) in [4.78, 5) is 13.4. The van der Waals surface area contributed by atoms with Gasteiger partial charge < -0.3 is 15.5 Å². The van der Waals surface area contributed by atoms with Crippen molar-refractivity contribution in [2.75, 3.05) is 13.1 Å². The molecule has 0 aliphatic rings. The highest BCUT2D eigenvalue weighted by Gasteiger charge is 2.37. The van der Waals surface area contributed by atoms with Gasteiger partial charge in [-0.15, -0.1) is 0 Å². The summed E-state index contributed by atoms with van der Waals surface area (Å²) in [5, 5.41) is 24.1. The summed E-state index contributed by atoms with van der Waals surface area (Å²) in [5.74, 6) is 0. The van der Waals surface area contributed by atoms with Crippen LogP contribution in [0.3, 0.4) is 0 Å². The number of hydrogen-bond donors (Lipinski definition) is 3. The molecule has 0 fully saturated rings. The van der Waals surface area contributed by atoms with E-state index in [9.17, 15) is 15.0 Å². The van der Waals surface area contributed by atoms with Gasteiger partial charge in [0.05, 0.1) is 12.1 Å². The van der Waals surface area contributed by atoms with Crippen LogP contribution in [-0.4, -0.2) is 52.0 Å². The molecule has 2 atom stereocenters. The first-order valence-corrected chi connectivity index (χ1v) is 10.2. The highest BCUT2D eigenvalue weighted by Crippen LogP contribution is 2.22. The molecule has 0 saturated heterocycles. The summed E-state index contributed by atoms with van der Waals surface area (Å²) < 4.78 is 0. The Morgan fingerprint density at radius 2 is 1.66 bits per heavy atom. The predicted molar refractivity (Wildman–Crippen MR) is 117 cm³/mol. The van der Waals surface area contributed by atoms with Crippen LogP contribution in [0, 0.1) is 6.92 Å². The van der Waals surface area contributed by atoms with Crippen molar-refractivity contribution in [2.45, 2.75) is 58.2 Å². The molecular weight excluding hydrogens is 364 g/mol. The van der Waals surface area contributed by atoms with Crippen LogP contribution in [0.25, 0.3) is 0 Å². The van der Waals surface area contributed by atoms with Crippen LogP contribution in [0.2, 0.25) is 0 Å². The maximum Gasteiger partial charge on any atom is 0.408 e. The zero-order valence-corrected chi connectivity index (χ0v) is 17.9. The summed E-state index contributed by atoms with van der Waals surface area (Å²) in [7, 11) is 0. The molecule has 0 heterocycles. The van der Waals surface area contributed by atoms with E-state index in [1.807, 2.05) is 51.1 Å². The molecule has 0 saturated carbocycles. The molecule has 0 spiro atoms. The Morgan fingerprint density at radius 1 is 1.03 bits per heavy atom. The maximum atomic E-state index is 12.0. The van der Waals surface area contributed by atoms with Gasteiger partial charge in [-0.25, -0.2) is 4.79 Å². The average Bonchev–Trinajstić information content (AvgIpc) is 2.65. The molecule has 2 rings (SSSR count). The molecular formula is C24H34N2O3. The lowest BCUT2D eigenvalue weighted by Crippen LogP contribution is -2.58. The number of amides is 1. The van der Waals surface area contributed by atoms with E-state index in [2.05, 4.69) is 36.5 Å². The second kappa shape index (κ2) is 10.4. The molecule has 0 aliphatic carbocycles. The van der Waals surface area contributed by atoms with E-state index in [0.717, 1.165) is 18.5 Å². The number of hydrogen-bond acceptors (Lipinski definition) is 3. The van der Waals surface area contributed by atoms with Crippen LogP contribution in [0.5, 0.6) is 0 Å². The second-order valence-electron chi connectivity index (χ2n) is 8.59. The quantitative estimate of drug-likeness (QED) is 0.561. The van der Waals surface area contributed by atoms with Gasteiger partial charge in [0.15, 0.2) is 0 Å². The number of benzene rings is 2. The van der Waals surface area contributed by atoms with E-state index in [0.29, 0.717) is 13.0 Å². The minimum atomic E-state index is -1.02. The Balaban J connectivity index is 2.03. The predicted octanol–water partition coefficient (Wildman–Crippen LogP) is 3.88. The third kappa shape index (κ3) is 7.18. The van der Waals surface area contributed by atoms with Crippen LogP contribution >= 0.6 is 0 Å². The number of nitrogens with one attached hydrogen (secondary N) is 1. The molecule has 1 amide bonds. The highest BCUT2D eigenvalue weighted by molar-refractivity contribution is 5.66. The first-order chi connectivity index (χ1) is 13.7. The number of carboxylic acid groups (broad SMARTS) is 1. The first-order valence-electron chi connectivity index (χ1n) is 10.2. The number of aliphatic hydroxyl groups excluding tert-OH is 1. The standard InChI is InChI=1S/C24H34N2O3/c1-18-10-12-19(13-11-18)14-15-25-17-22(27)21(16-20-8-6-5-7-9-20)26(23(28)29)24(2,3)4/h5-13,21-22,25,27H,14-17H2,1-4H3,(H,28,29)/t21-,22-/m0/s1. The Hall–Kier alpha value is -2.37. The Bertz CT molecular complexity index is 754.